The monoisotopic (exact) mass is 402 g/mol. The van der Waals surface area contributed by atoms with Crippen LogP contribution in [0.25, 0.3) is 0 Å². The van der Waals surface area contributed by atoms with Gasteiger partial charge in [0.05, 0.1) is 0 Å². The predicted octanol–water partition coefficient (Wildman–Crippen LogP) is 3.62. The van der Waals surface area contributed by atoms with Crippen LogP contribution in [-0.2, 0) is 4.79 Å². The van der Waals surface area contributed by atoms with E-state index in [2.05, 4.69) is 14.9 Å². The molecule has 28 heavy (non-hydrogen) atoms. The van der Waals surface area contributed by atoms with Gasteiger partial charge in [0.15, 0.2) is 11.7 Å². The minimum absolute atomic E-state index is 0.000987. The van der Waals surface area contributed by atoms with Crippen molar-refractivity contribution in [3.8, 4) is 0 Å². The number of aryl methyl sites for hydroxylation is 1. The SMILES string of the molecule is Cc1ccc([C@@H](C(=O)NC2CCCC2)N(C(=O)c2csnn2)C2CCCC2)o1. The molecule has 7 nitrogen and oxygen atoms in total. The summed E-state index contributed by atoms with van der Waals surface area (Å²) < 4.78 is 9.69. The van der Waals surface area contributed by atoms with E-state index in [9.17, 15) is 9.59 Å². The zero-order valence-corrected chi connectivity index (χ0v) is 16.9. The second-order valence-corrected chi connectivity index (χ2v) is 8.39. The van der Waals surface area contributed by atoms with Gasteiger partial charge in [0.1, 0.15) is 11.5 Å². The van der Waals surface area contributed by atoms with E-state index in [1.165, 1.54) is 0 Å². The van der Waals surface area contributed by atoms with E-state index in [0.29, 0.717) is 11.5 Å². The van der Waals surface area contributed by atoms with Gasteiger partial charge < -0.3 is 14.6 Å². The molecule has 2 aliphatic carbocycles. The Balaban J connectivity index is 1.69. The lowest BCUT2D eigenvalue weighted by atomic mass is 10.1. The fourth-order valence-electron chi connectivity index (χ4n) is 4.41. The lowest BCUT2D eigenvalue weighted by Crippen LogP contribution is -2.49. The van der Waals surface area contributed by atoms with Crippen LogP contribution in [0.3, 0.4) is 0 Å². The molecule has 0 spiro atoms. The third kappa shape index (κ3) is 3.97. The number of rotatable bonds is 6. The lowest BCUT2D eigenvalue weighted by molar-refractivity contribution is -0.128. The quantitative estimate of drug-likeness (QED) is 0.797. The molecule has 2 saturated carbocycles. The highest BCUT2D eigenvalue weighted by atomic mass is 32.1. The first-order valence-corrected chi connectivity index (χ1v) is 10.9. The van der Waals surface area contributed by atoms with Crippen molar-refractivity contribution in [3.05, 3.63) is 34.7 Å². The second kappa shape index (κ2) is 8.43. The Hall–Kier alpha value is -2.22. The highest BCUT2D eigenvalue weighted by Crippen LogP contribution is 2.34. The second-order valence-electron chi connectivity index (χ2n) is 7.78. The molecule has 2 aliphatic rings. The summed E-state index contributed by atoms with van der Waals surface area (Å²) in [6.07, 6.45) is 8.12. The molecule has 150 valence electrons. The molecule has 0 bridgehead atoms. The Kier molecular flexibility index (Phi) is 5.75. The average molecular weight is 403 g/mol. The Morgan fingerprint density at radius 1 is 1.18 bits per heavy atom. The van der Waals surface area contributed by atoms with Crippen LogP contribution >= 0.6 is 11.5 Å². The molecular formula is C20H26N4O3S. The molecular weight excluding hydrogens is 376 g/mol. The molecule has 8 heteroatoms. The largest absolute Gasteiger partial charge is 0.464 e. The van der Waals surface area contributed by atoms with E-state index in [1.807, 2.05) is 19.1 Å². The summed E-state index contributed by atoms with van der Waals surface area (Å²) >= 11 is 1.14. The van der Waals surface area contributed by atoms with Crippen LogP contribution in [-0.4, -0.2) is 38.4 Å². The number of carbonyl (C=O) groups excluding carboxylic acids is 2. The van der Waals surface area contributed by atoms with Crippen molar-refractivity contribution in [2.24, 2.45) is 0 Å². The topological polar surface area (TPSA) is 88.3 Å². The van der Waals surface area contributed by atoms with Gasteiger partial charge in [-0.05, 0) is 56.3 Å². The lowest BCUT2D eigenvalue weighted by Gasteiger charge is -2.34. The Morgan fingerprint density at radius 3 is 2.50 bits per heavy atom. The Bertz CT molecular complexity index is 807. The summed E-state index contributed by atoms with van der Waals surface area (Å²) in [5, 5.41) is 8.77. The number of hydrogen-bond acceptors (Lipinski definition) is 6. The van der Waals surface area contributed by atoms with E-state index in [-0.39, 0.29) is 23.9 Å². The van der Waals surface area contributed by atoms with E-state index in [0.717, 1.165) is 68.7 Å². The molecule has 2 aromatic heterocycles. The van der Waals surface area contributed by atoms with Gasteiger partial charge in [-0.15, -0.1) is 5.10 Å². The molecule has 2 fully saturated rings. The summed E-state index contributed by atoms with van der Waals surface area (Å²) in [6, 6.07) is 3.04. The first kappa shape index (κ1) is 19.1. The van der Waals surface area contributed by atoms with E-state index in [1.54, 1.807) is 10.3 Å². The molecule has 1 N–H and O–H groups in total. The maximum atomic E-state index is 13.4. The highest BCUT2D eigenvalue weighted by molar-refractivity contribution is 7.03. The first-order valence-electron chi connectivity index (χ1n) is 10.1. The van der Waals surface area contributed by atoms with Crippen LogP contribution in [0.4, 0.5) is 0 Å². The van der Waals surface area contributed by atoms with Crippen molar-refractivity contribution < 1.29 is 14.0 Å². The number of nitrogens with one attached hydrogen (secondary N) is 1. The Labute approximate surface area is 168 Å². The maximum Gasteiger partial charge on any atom is 0.276 e. The zero-order valence-electron chi connectivity index (χ0n) is 16.1. The molecule has 4 rings (SSSR count). The summed E-state index contributed by atoms with van der Waals surface area (Å²) in [5.41, 5.74) is 0.291. The minimum atomic E-state index is -0.786. The first-order chi connectivity index (χ1) is 13.6. The third-order valence-corrected chi connectivity index (χ3v) is 6.30. The summed E-state index contributed by atoms with van der Waals surface area (Å²) in [7, 11) is 0. The van der Waals surface area contributed by atoms with Gasteiger partial charge in [-0.3, -0.25) is 9.59 Å². The molecule has 0 aromatic carbocycles. The molecule has 2 heterocycles. The molecule has 2 amide bonds. The minimum Gasteiger partial charge on any atom is -0.464 e. The van der Waals surface area contributed by atoms with E-state index < -0.39 is 6.04 Å². The molecule has 1 atom stereocenters. The molecule has 0 radical (unpaired) electrons. The van der Waals surface area contributed by atoms with Crippen LogP contribution in [0.2, 0.25) is 0 Å². The van der Waals surface area contributed by atoms with Crippen molar-refractivity contribution in [1.29, 1.82) is 0 Å². The standard InChI is InChI=1S/C20H26N4O3S/c1-13-10-11-17(27-13)18(19(25)21-14-6-2-3-7-14)24(15-8-4-5-9-15)20(26)16-12-28-23-22-16/h10-12,14-15,18H,2-9H2,1H3,(H,21,25)/t18-/m0/s1. The van der Waals surface area contributed by atoms with Crippen LogP contribution in [0.1, 0.15) is 79.4 Å². The number of carbonyl (C=O) groups is 2. The van der Waals surface area contributed by atoms with Crippen LogP contribution in [0.5, 0.6) is 0 Å². The maximum absolute atomic E-state index is 13.4. The zero-order chi connectivity index (χ0) is 19.5. The van der Waals surface area contributed by atoms with Crippen LogP contribution < -0.4 is 5.32 Å². The van der Waals surface area contributed by atoms with Crippen molar-refractivity contribution >= 4 is 23.3 Å². The van der Waals surface area contributed by atoms with Crippen molar-refractivity contribution in [1.82, 2.24) is 19.8 Å². The summed E-state index contributed by atoms with van der Waals surface area (Å²) in [4.78, 5) is 28.4. The Morgan fingerprint density at radius 2 is 1.89 bits per heavy atom. The highest BCUT2D eigenvalue weighted by Gasteiger charge is 2.41. The number of hydrogen-bond donors (Lipinski definition) is 1. The normalized spacial score (nSPS) is 19.0. The molecule has 0 unspecified atom stereocenters. The van der Waals surface area contributed by atoms with Crippen LogP contribution in [0, 0.1) is 6.92 Å². The van der Waals surface area contributed by atoms with Crippen LogP contribution in [0.15, 0.2) is 21.9 Å². The molecule has 0 saturated heterocycles. The van der Waals surface area contributed by atoms with Gasteiger partial charge in [-0.25, -0.2) is 0 Å². The fraction of sp³-hybridized carbons (Fsp3) is 0.600. The van der Waals surface area contributed by atoms with Gasteiger partial charge in [0.2, 0.25) is 0 Å². The van der Waals surface area contributed by atoms with Crippen molar-refractivity contribution in [3.63, 3.8) is 0 Å². The fourth-order valence-corrected chi connectivity index (χ4v) is 4.84. The average Bonchev–Trinajstić information content (AvgIpc) is 3.47. The molecule has 2 aromatic rings. The number of aromatic nitrogens is 2. The van der Waals surface area contributed by atoms with Gasteiger partial charge in [0, 0.05) is 17.5 Å². The van der Waals surface area contributed by atoms with E-state index in [4.69, 9.17) is 4.42 Å². The van der Waals surface area contributed by atoms with Gasteiger partial charge in [-0.1, -0.05) is 30.2 Å². The number of nitrogens with zero attached hydrogens (tertiary/aromatic N) is 3. The van der Waals surface area contributed by atoms with Gasteiger partial charge in [0.25, 0.3) is 11.8 Å². The summed E-state index contributed by atoms with van der Waals surface area (Å²) in [5.74, 6) is 0.824. The van der Waals surface area contributed by atoms with Gasteiger partial charge in [-0.2, -0.15) is 0 Å². The van der Waals surface area contributed by atoms with E-state index >= 15 is 0 Å². The number of furan rings is 1. The third-order valence-electron chi connectivity index (χ3n) is 5.79. The van der Waals surface area contributed by atoms with Gasteiger partial charge >= 0.3 is 0 Å². The summed E-state index contributed by atoms with van der Waals surface area (Å²) in [6.45, 7) is 1.85. The van der Waals surface area contributed by atoms with Crippen molar-refractivity contribution in [2.75, 3.05) is 0 Å². The predicted molar refractivity (Wildman–Crippen MR) is 105 cm³/mol. The molecule has 0 aliphatic heterocycles. The number of amides is 2. The van der Waals surface area contributed by atoms with Crippen molar-refractivity contribution in [2.45, 2.75) is 76.4 Å². The smallest absolute Gasteiger partial charge is 0.276 e.